The van der Waals surface area contributed by atoms with Crippen molar-refractivity contribution in [3.05, 3.63) is 0 Å². The average Bonchev–Trinajstić information content (AvgIpc) is 2.63. The highest BCUT2D eigenvalue weighted by Gasteiger charge is 2.23. The molecule has 0 aromatic carbocycles. The molecule has 0 spiro atoms. The number of amides is 1. The summed E-state index contributed by atoms with van der Waals surface area (Å²) in [6.45, 7) is 7.85. The van der Waals surface area contributed by atoms with Crippen molar-refractivity contribution in [2.75, 3.05) is 32.7 Å². The van der Waals surface area contributed by atoms with E-state index in [4.69, 9.17) is 0 Å². The van der Waals surface area contributed by atoms with E-state index in [1.165, 1.54) is 0 Å². The first-order chi connectivity index (χ1) is 7.67. The second kappa shape index (κ2) is 6.86. The van der Waals surface area contributed by atoms with Crippen molar-refractivity contribution < 1.29 is 9.90 Å². The number of aliphatic hydroxyl groups is 1. The zero-order valence-corrected chi connectivity index (χ0v) is 10.5. The fourth-order valence-electron chi connectivity index (χ4n) is 2.15. The van der Waals surface area contributed by atoms with Crippen LogP contribution in [-0.4, -0.2) is 59.6 Å². The van der Waals surface area contributed by atoms with Crippen LogP contribution in [0.5, 0.6) is 0 Å². The highest BCUT2D eigenvalue weighted by molar-refractivity contribution is 5.78. The van der Waals surface area contributed by atoms with Gasteiger partial charge in [-0.3, -0.25) is 9.69 Å². The van der Waals surface area contributed by atoms with Crippen LogP contribution in [-0.2, 0) is 4.79 Å². The van der Waals surface area contributed by atoms with Crippen molar-refractivity contribution in [1.82, 2.24) is 9.80 Å². The van der Waals surface area contributed by atoms with E-state index < -0.39 is 0 Å². The Labute approximate surface area is 98.2 Å². The van der Waals surface area contributed by atoms with E-state index in [2.05, 4.69) is 13.8 Å². The van der Waals surface area contributed by atoms with Gasteiger partial charge in [-0.2, -0.15) is 0 Å². The molecule has 1 rings (SSSR count). The third kappa shape index (κ3) is 4.10. The van der Waals surface area contributed by atoms with Gasteiger partial charge >= 0.3 is 0 Å². The molecule has 1 unspecified atom stereocenters. The van der Waals surface area contributed by atoms with Crippen LogP contribution in [0, 0.1) is 0 Å². The number of rotatable bonds is 6. The molecule has 1 atom stereocenters. The van der Waals surface area contributed by atoms with Crippen LogP contribution in [0.15, 0.2) is 0 Å². The summed E-state index contributed by atoms with van der Waals surface area (Å²) in [5, 5.41) is 9.39. The lowest BCUT2D eigenvalue weighted by molar-refractivity contribution is -0.132. The Morgan fingerprint density at radius 3 is 2.44 bits per heavy atom. The molecular formula is C12H24N2O2. The van der Waals surface area contributed by atoms with Gasteiger partial charge < -0.3 is 10.0 Å². The minimum Gasteiger partial charge on any atom is -0.392 e. The lowest BCUT2D eigenvalue weighted by Crippen LogP contribution is -2.40. The number of β-amino-alcohol motifs (C(OH)–C–C–N with tert-alkyl or cyclic N) is 1. The van der Waals surface area contributed by atoms with Crippen LogP contribution < -0.4 is 0 Å². The quantitative estimate of drug-likeness (QED) is 0.728. The molecule has 1 fully saturated rings. The third-order valence-electron chi connectivity index (χ3n) is 2.95. The Balaban J connectivity index is 2.36. The van der Waals surface area contributed by atoms with Gasteiger partial charge in [0, 0.05) is 26.2 Å². The van der Waals surface area contributed by atoms with Crippen molar-refractivity contribution in [3.8, 4) is 0 Å². The zero-order valence-electron chi connectivity index (χ0n) is 10.5. The van der Waals surface area contributed by atoms with Gasteiger partial charge in [0.15, 0.2) is 0 Å². The summed E-state index contributed by atoms with van der Waals surface area (Å²) < 4.78 is 0. The predicted octanol–water partition coefficient (Wildman–Crippen LogP) is 0.702. The first-order valence-electron chi connectivity index (χ1n) is 6.35. The summed E-state index contributed by atoms with van der Waals surface area (Å²) in [6.07, 6.45) is 2.58. The normalized spacial score (nSPS) is 21.3. The number of carbonyl (C=O) groups is 1. The van der Waals surface area contributed by atoms with Crippen LogP contribution in [0.3, 0.4) is 0 Å². The molecule has 0 radical (unpaired) electrons. The lowest BCUT2D eigenvalue weighted by Gasteiger charge is -2.24. The second-order valence-corrected chi connectivity index (χ2v) is 4.56. The predicted molar refractivity (Wildman–Crippen MR) is 64.2 cm³/mol. The van der Waals surface area contributed by atoms with Crippen molar-refractivity contribution in [1.29, 1.82) is 0 Å². The molecule has 1 amide bonds. The van der Waals surface area contributed by atoms with E-state index in [1.54, 1.807) is 0 Å². The summed E-state index contributed by atoms with van der Waals surface area (Å²) in [5.41, 5.74) is 0. The SMILES string of the molecule is CCCN(CCC)C(=O)CN1CCC(O)C1. The number of aliphatic hydroxyl groups excluding tert-OH is 1. The van der Waals surface area contributed by atoms with Gasteiger partial charge in [-0.25, -0.2) is 0 Å². The topological polar surface area (TPSA) is 43.8 Å². The lowest BCUT2D eigenvalue weighted by atomic mass is 10.3. The van der Waals surface area contributed by atoms with Crippen molar-refractivity contribution in [2.24, 2.45) is 0 Å². The van der Waals surface area contributed by atoms with E-state index in [0.29, 0.717) is 13.1 Å². The van der Waals surface area contributed by atoms with Crippen molar-refractivity contribution in [2.45, 2.75) is 39.2 Å². The maximum Gasteiger partial charge on any atom is 0.236 e. The molecule has 16 heavy (non-hydrogen) atoms. The monoisotopic (exact) mass is 228 g/mol. The number of likely N-dealkylation sites (tertiary alicyclic amines) is 1. The van der Waals surface area contributed by atoms with E-state index in [9.17, 15) is 9.90 Å². The first-order valence-corrected chi connectivity index (χ1v) is 6.35. The zero-order chi connectivity index (χ0) is 12.0. The van der Waals surface area contributed by atoms with Crippen LogP contribution >= 0.6 is 0 Å². The van der Waals surface area contributed by atoms with E-state index in [0.717, 1.165) is 38.9 Å². The van der Waals surface area contributed by atoms with Gasteiger partial charge in [0.25, 0.3) is 0 Å². The molecule has 0 bridgehead atoms. The molecule has 0 aromatic rings. The van der Waals surface area contributed by atoms with Crippen molar-refractivity contribution in [3.63, 3.8) is 0 Å². The van der Waals surface area contributed by atoms with Gasteiger partial charge in [0.2, 0.25) is 5.91 Å². The van der Waals surface area contributed by atoms with E-state index >= 15 is 0 Å². The minimum atomic E-state index is -0.237. The third-order valence-corrected chi connectivity index (χ3v) is 2.95. The van der Waals surface area contributed by atoms with Crippen LogP contribution in [0.1, 0.15) is 33.1 Å². The molecule has 1 aliphatic rings. The Morgan fingerprint density at radius 1 is 1.38 bits per heavy atom. The Kier molecular flexibility index (Phi) is 5.77. The fourth-order valence-corrected chi connectivity index (χ4v) is 2.15. The molecule has 0 aromatic heterocycles. The molecule has 1 aliphatic heterocycles. The molecular weight excluding hydrogens is 204 g/mol. The van der Waals surface area contributed by atoms with Gasteiger partial charge in [-0.15, -0.1) is 0 Å². The van der Waals surface area contributed by atoms with Gasteiger partial charge in [-0.05, 0) is 19.3 Å². The summed E-state index contributed by atoms with van der Waals surface area (Å²) >= 11 is 0. The van der Waals surface area contributed by atoms with Gasteiger partial charge in [0.05, 0.1) is 12.6 Å². The summed E-state index contributed by atoms with van der Waals surface area (Å²) in [6, 6.07) is 0. The molecule has 1 heterocycles. The minimum absolute atomic E-state index is 0.206. The first kappa shape index (κ1) is 13.5. The fraction of sp³-hybridized carbons (Fsp3) is 0.917. The highest BCUT2D eigenvalue weighted by Crippen LogP contribution is 2.09. The smallest absolute Gasteiger partial charge is 0.236 e. The number of hydrogen-bond donors (Lipinski definition) is 1. The molecule has 4 nitrogen and oxygen atoms in total. The molecule has 1 saturated heterocycles. The van der Waals surface area contributed by atoms with Crippen LogP contribution in [0.25, 0.3) is 0 Å². The van der Waals surface area contributed by atoms with Gasteiger partial charge in [0.1, 0.15) is 0 Å². The number of nitrogens with zero attached hydrogens (tertiary/aromatic N) is 2. The molecule has 94 valence electrons. The van der Waals surface area contributed by atoms with Gasteiger partial charge in [-0.1, -0.05) is 13.8 Å². The maximum absolute atomic E-state index is 12.0. The largest absolute Gasteiger partial charge is 0.392 e. The molecule has 0 aliphatic carbocycles. The molecule has 4 heteroatoms. The maximum atomic E-state index is 12.0. The van der Waals surface area contributed by atoms with E-state index in [-0.39, 0.29) is 12.0 Å². The summed E-state index contributed by atoms with van der Waals surface area (Å²) in [7, 11) is 0. The highest BCUT2D eigenvalue weighted by atomic mass is 16.3. The van der Waals surface area contributed by atoms with Crippen LogP contribution in [0.2, 0.25) is 0 Å². The Bertz CT molecular complexity index is 215. The van der Waals surface area contributed by atoms with E-state index in [1.807, 2.05) is 9.80 Å². The van der Waals surface area contributed by atoms with Crippen LogP contribution in [0.4, 0.5) is 0 Å². The molecule has 1 N–H and O–H groups in total. The second-order valence-electron chi connectivity index (χ2n) is 4.56. The average molecular weight is 228 g/mol. The number of hydrogen-bond acceptors (Lipinski definition) is 3. The Morgan fingerprint density at radius 2 is 2.00 bits per heavy atom. The number of carbonyl (C=O) groups excluding carboxylic acids is 1. The summed E-state index contributed by atoms with van der Waals surface area (Å²) in [5.74, 6) is 0.206. The standard InChI is InChI=1S/C12H24N2O2/c1-3-6-14(7-4-2)12(16)10-13-8-5-11(15)9-13/h11,15H,3-10H2,1-2H3. The summed E-state index contributed by atoms with van der Waals surface area (Å²) in [4.78, 5) is 16.0. The molecule has 0 saturated carbocycles. The Hall–Kier alpha value is -0.610. The van der Waals surface area contributed by atoms with Crippen molar-refractivity contribution >= 4 is 5.91 Å².